The van der Waals surface area contributed by atoms with Gasteiger partial charge in [-0.05, 0) is 51.1 Å². The van der Waals surface area contributed by atoms with Crippen LogP contribution in [-0.4, -0.2) is 59.4 Å². The molecule has 1 aliphatic rings. The van der Waals surface area contributed by atoms with Crippen molar-refractivity contribution in [2.45, 2.75) is 45.3 Å². The number of hydrogen-bond acceptors (Lipinski definition) is 5. The van der Waals surface area contributed by atoms with Crippen molar-refractivity contribution < 1.29 is 19.1 Å². The molecule has 0 radical (unpaired) electrons. The molecule has 1 aromatic carbocycles. The van der Waals surface area contributed by atoms with E-state index < -0.39 is 5.60 Å². The van der Waals surface area contributed by atoms with E-state index in [1.165, 1.54) is 11.3 Å². The van der Waals surface area contributed by atoms with Crippen LogP contribution in [0.5, 0.6) is 0 Å². The van der Waals surface area contributed by atoms with Crippen LogP contribution in [0.2, 0.25) is 0 Å². The summed E-state index contributed by atoms with van der Waals surface area (Å²) in [6, 6.07) is 10.6. The molecule has 1 saturated heterocycles. The SMILES string of the molecule is CN(C(=O)OC(C)(C)C)C1CCN(C(=O)c2ccccc2C(=O)c2cccs2)CC1. The molecule has 1 aliphatic heterocycles. The number of carbonyl (C=O) groups excluding carboxylic acids is 3. The lowest BCUT2D eigenvalue weighted by atomic mass is 9.99. The van der Waals surface area contributed by atoms with Gasteiger partial charge in [0.05, 0.1) is 10.4 Å². The molecule has 0 atom stereocenters. The highest BCUT2D eigenvalue weighted by molar-refractivity contribution is 7.12. The minimum Gasteiger partial charge on any atom is -0.444 e. The molecule has 0 aliphatic carbocycles. The number of rotatable bonds is 4. The van der Waals surface area contributed by atoms with Crippen molar-refractivity contribution in [3.05, 3.63) is 57.8 Å². The van der Waals surface area contributed by atoms with E-state index in [1.807, 2.05) is 32.2 Å². The van der Waals surface area contributed by atoms with Gasteiger partial charge in [0.15, 0.2) is 0 Å². The number of ether oxygens (including phenoxy) is 1. The van der Waals surface area contributed by atoms with E-state index in [0.717, 1.165) is 0 Å². The molecular formula is C23H28N2O4S. The molecule has 7 heteroatoms. The van der Waals surface area contributed by atoms with Crippen LogP contribution in [0.1, 0.15) is 59.2 Å². The normalized spacial score (nSPS) is 15.0. The lowest BCUT2D eigenvalue weighted by molar-refractivity contribution is 0.0155. The summed E-state index contributed by atoms with van der Waals surface area (Å²) < 4.78 is 5.44. The molecule has 2 aromatic rings. The highest BCUT2D eigenvalue weighted by atomic mass is 32.1. The number of piperidine rings is 1. The average Bonchev–Trinajstić information content (AvgIpc) is 3.26. The Morgan fingerprint density at radius 2 is 1.67 bits per heavy atom. The summed E-state index contributed by atoms with van der Waals surface area (Å²) in [6.07, 6.45) is 0.990. The molecule has 2 amide bonds. The maximum absolute atomic E-state index is 13.2. The predicted molar refractivity (Wildman–Crippen MR) is 117 cm³/mol. The van der Waals surface area contributed by atoms with Gasteiger partial charge >= 0.3 is 6.09 Å². The van der Waals surface area contributed by atoms with Gasteiger partial charge in [0.25, 0.3) is 5.91 Å². The molecule has 0 saturated carbocycles. The standard InChI is InChI=1S/C23H28N2O4S/c1-23(2,3)29-22(28)24(4)16-11-13-25(14-12-16)21(27)18-9-6-5-8-17(18)20(26)19-10-7-15-30-19/h5-10,15-16H,11-14H2,1-4H3. The van der Waals surface area contributed by atoms with Crippen LogP contribution in [0, 0.1) is 0 Å². The van der Waals surface area contributed by atoms with Gasteiger partial charge in [0, 0.05) is 31.7 Å². The number of carbonyl (C=O) groups is 3. The number of nitrogens with zero attached hydrogens (tertiary/aromatic N) is 2. The van der Waals surface area contributed by atoms with Crippen molar-refractivity contribution in [3.8, 4) is 0 Å². The summed E-state index contributed by atoms with van der Waals surface area (Å²) >= 11 is 1.37. The fourth-order valence-electron chi connectivity index (χ4n) is 3.52. The van der Waals surface area contributed by atoms with Gasteiger partial charge in [-0.25, -0.2) is 4.79 Å². The Kier molecular flexibility index (Phi) is 6.61. The minimum atomic E-state index is -0.541. The molecular weight excluding hydrogens is 400 g/mol. The molecule has 160 valence electrons. The predicted octanol–water partition coefficient (Wildman–Crippen LogP) is 4.45. The number of likely N-dealkylation sites (tertiary alicyclic amines) is 1. The third kappa shape index (κ3) is 5.08. The monoisotopic (exact) mass is 428 g/mol. The zero-order valence-corrected chi connectivity index (χ0v) is 18.7. The first-order valence-corrected chi connectivity index (χ1v) is 11.0. The van der Waals surface area contributed by atoms with Crippen molar-refractivity contribution >= 4 is 29.1 Å². The first kappa shape index (κ1) is 22.0. The van der Waals surface area contributed by atoms with Gasteiger partial charge in [-0.3, -0.25) is 9.59 Å². The van der Waals surface area contributed by atoms with Crippen molar-refractivity contribution in [3.63, 3.8) is 0 Å². The van der Waals surface area contributed by atoms with Gasteiger partial charge in [-0.2, -0.15) is 0 Å². The highest BCUT2D eigenvalue weighted by Crippen LogP contribution is 2.23. The van der Waals surface area contributed by atoms with E-state index >= 15 is 0 Å². The van der Waals surface area contributed by atoms with Gasteiger partial charge in [0.1, 0.15) is 5.60 Å². The number of amides is 2. The maximum Gasteiger partial charge on any atom is 0.410 e. The Balaban J connectivity index is 1.66. The van der Waals surface area contributed by atoms with E-state index in [0.29, 0.717) is 41.9 Å². The van der Waals surface area contributed by atoms with Crippen molar-refractivity contribution in [1.82, 2.24) is 9.80 Å². The fourth-order valence-corrected chi connectivity index (χ4v) is 4.20. The Labute approximate surface area is 181 Å². The summed E-state index contributed by atoms with van der Waals surface area (Å²) in [5.41, 5.74) is 0.314. The molecule has 2 heterocycles. The lowest BCUT2D eigenvalue weighted by Gasteiger charge is -2.37. The third-order valence-corrected chi connectivity index (χ3v) is 6.00. The summed E-state index contributed by atoms with van der Waals surface area (Å²) in [5.74, 6) is -0.276. The summed E-state index contributed by atoms with van der Waals surface area (Å²) in [6.45, 7) is 6.58. The van der Waals surface area contributed by atoms with Crippen LogP contribution in [0.3, 0.4) is 0 Å². The second-order valence-corrected chi connectivity index (χ2v) is 9.41. The second kappa shape index (κ2) is 9.00. The largest absolute Gasteiger partial charge is 0.444 e. The number of thiophene rings is 1. The van der Waals surface area contributed by atoms with E-state index in [-0.39, 0.29) is 23.8 Å². The van der Waals surface area contributed by atoms with E-state index in [4.69, 9.17) is 4.74 Å². The van der Waals surface area contributed by atoms with E-state index in [9.17, 15) is 14.4 Å². The van der Waals surface area contributed by atoms with Crippen LogP contribution < -0.4 is 0 Å². The van der Waals surface area contributed by atoms with E-state index in [2.05, 4.69) is 0 Å². The minimum absolute atomic E-state index is 0.0203. The smallest absolute Gasteiger partial charge is 0.410 e. The molecule has 6 nitrogen and oxygen atoms in total. The Morgan fingerprint density at radius 3 is 2.23 bits per heavy atom. The summed E-state index contributed by atoms with van der Waals surface area (Å²) in [4.78, 5) is 42.3. The van der Waals surface area contributed by atoms with Crippen molar-refractivity contribution in [2.75, 3.05) is 20.1 Å². The number of ketones is 1. The second-order valence-electron chi connectivity index (χ2n) is 8.47. The Morgan fingerprint density at radius 1 is 1.03 bits per heavy atom. The lowest BCUT2D eigenvalue weighted by Crippen LogP contribution is -2.48. The van der Waals surface area contributed by atoms with E-state index in [1.54, 1.807) is 47.2 Å². The average molecular weight is 429 g/mol. The summed E-state index contributed by atoms with van der Waals surface area (Å²) in [5, 5.41) is 1.85. The van der Waals surface area contributed by atoms with Crippen LogP contribution in [0.25, 0.3) is 0 Å². The van der Waals surface area contributed by atoms with Gasteiger partial charge < -0.3 is 14.5 Å². The van der Waals surface area contributed by atoms with Crippen LogP contribution in [-0.2, 0) is 4.74 Å². The van der Waals surface area contributed by atoms with Gasteiger partial charge in [0.2, 0.25) is 5.78 Å². The van der Waals surface area contributed by atoms with Crippen molar-refractivity contribution in [2.24, 2.45) is 0 Å². The zero-order valence-electron chi connectivity index (χ0n) is 17.9. The molecule has 0 unspecified atom stereocenters. The zero-order chi connectivity index (χ0) is 21.9. The topological polar surface area (TPSA) is 66.9 Å². The van der Waals surface area contributed by atoms with Gasteiger partial charge in [-0.1, -0.05) is 24.3 Å². The van der Waals surface area contributed by atoms with Crippen LogP contribution in [0.15, 0.2) is 41.8 Å². The fraction of sp³-hybridized carbons (Fsp3) is 0.435. The quantitative estimate of drug-likeness (QED) is 0.675. The molecule has 0 spiro atoms. The molecule has 1 fully saturated rings. The third-order valence-electron chi connectivity index (χ3n) is 5.13. The molecule has 3 rings (SSSR count). The van der Waals surface area contributed by atoms with Crippen LogP contribution >= 0.6 is 11.3 Å². The molecule has 30 heavy (non-hydrogen) atoms. The van der Waals surface area contributed by atoms with Gasteiger partial charge in [-0.15, -0.1) is 11.3 Å². The highest BCUT2D eigenvalue weighted by Gasteiger charge is 2.31. The Bertz CT molecular complexity index is 910. The first-order chi connectivity index (χ1) is 14.2. The molecule has 0 N–H and O–H groups in total. The Hall–Kier alpha value is -2.67. The number of benzene rings is 1. The first-order valence-electron chi connectivity index (χ1n) is 10.1. The molecule has 0 bridgehead atoms. The van der Waals surface area contributed by atoms with Crippen LogP contribution in [0.4, 0.5) is 4.79 Å². The number of hydrogen-bond donors (Lipinski definition) is 0. The molecule has 1 aromatic heterocycles. The van der Waals surface area contributed by atoms with Crippen molar-refractivity contribution in [1.29, 1.82) is 0 Å². The summed E-state index contributed by atoms with van der Waals surface area (Å²) in [7, 11) is 1.74. The maximum atomic E-state index is 13.2.